The second kappa shape index (κ2) is 4.67. The van der Waals surface area contributed by atoms with Crippen molar-refractivity contribution in [3.05, 3.63) is 34.9 Å². The van der Waals surface area contributed by atoms with Crippen LogP contribution in [0.15, 0.2) is 18.2 Å². The predicted octanol–water partition coefficient (Wildman–Crippen LogP) is 1.16. The molecular formula is C13H15NO3. The normalized spacial score (nSPS) is 16.1. The van der Waals surface area contributed by atoms with Gasteiger partial charge in [-0.3, -0.25) is 9.59 Å². The van der Waals surface area contributed by atoms with Gasteiger partial charge in [0.05, 0.1) is 0 Å². The van der Waals surface area contributed by atoms with Gasteiger partial charge in [-0.1, -0.05) is 12.1 Å². The van der Waals surface area contributed by atoms with Crippen LogP contribution in [0, 0.1) is 0 Å². The molecule has 90 valence electrons. The molecule has 0 aromatic heterocycles. The number of fused-ring (bicyclic) bond motifs is 1. The van der Waals surface area contributed by atoms with Gasteiger partial charge in [-0.25, -0.2) is 0 Å². The highest BCUT2D eigenvalue weighted by atomic mass is 16.4. The fourth-order valence-electron chi connectivity index (χ4n) is 2.18. The maximum atomic E-state index is 11.8. The summed E-state index contributed by atoms with van der Waals surface area (Å²) in [5.41, 5.74) is 8.14. The van der Waals surface area contributed by atoms with Crippen LogP contribution in [0.4, 0.5) is 0 Å². The average molecular weight is 233 g/mol. The number of hydrogen-bond acceptors (Lipinski definition) is 3. The summed E-state index contributed by atoms with van der Waals surface area (Å²) in [6, 6.07) is 3.92. The number of Topliss-reactive ketones (excluding diaryl/α,β-unsaturated/α-hetero) is 1. The van der Waals surface area contributed by atoms with Crippen LogP contribution in [0.5, 0.6) is 0 Å². The molecule has 0 bridgehead atoms. The standard InChI is InChI=1S/C13H15NO3/c14-11(13(16)17)12(15)10-6-5-8-3-1-2-4-9(8)7-10/h5-7,11H,1-4,14H2,(H,16,17). The van der Waals surface area contributed by atoms with Crippen molar-refractivity contribution in [3.8, 4) is 0 Å². The fraction of sp³-hybridized carbons (Fsp3) is 0.385. The van der Waals surface area contributed by atoms with E-state index >= 15 is 0 Å². The molecule has 0 aliphatic heterocycles. The molecule has 1 atom stereocenters. The summed E-state index contributed by atoms with van der Waals surface area (Å²) in [5, 5.41) is 8.71. The van der Waals surface area contributed by atoms with E-state index in [2.05, 4.69) is 0 Å². The molecule has 1 aliphatic carbocycles. The molecule has 0 spiro atoms. The SMILES string of the molecule is NC(C(=O)O)C(=O)c1ccc2c(c1)CCCC2. The molecule has 0 radical (unpaired) electrons. The fourth-order valence-corrected chi connectivity index (χ4v) is 2.18. The molecule has 17 heavy (non-hydrogen) atoms. The molecule has 0 saturated carbocycles. The number of aryl methyl sites for hydroxylation is 2. The molecule has 0 amide bonds. The van der Waals surface area contributed by atoms with Crippen LogP contribution in [-0.4, -0.2) is 22.9 Å². The van der Waals surface area contributed by atoms with Crippen LogP contribution in [0.25, 0.3) is 0 Å². The van der Waals surface area contributed by atoms with E-state index in [4.69, 9.17) is 10.8 Å². The topological polar surface area (TPSA) is 80.4 Å². The maximum Gasteiger partial charge on any atom is 0.328 e. The smallest absolute Gasteiger partial charge is 0.328 e. The van der Waals surface area contributed by atoms with Crippen molar-refractivity contribution >= 4 is 11.8 Å². The molecule has 0 fully saturated rings. The van der Waals surface area contributed by atoms with Gasteiger partial charge in [0.1, 0.15) is 0 Å². The lowest BCUT2D eigenvalue weighted by molar-refractivity contribution is -0.137. The van der Waals surface area contributed by atoms with Gasteiger partial charge in [0.15, 0.2) is 11.8 Å². The lowest BCUT2D eigenvalue weighted by Gasteiger charge is -2.16. The van der Waals surface area contributed by atoms with Gasteiger partial charge in [0.25, 0.3) is 0 Å². The molecule has 1 unspecified atom stereocenters. The Balaban J connectivity index is 2.28. The zero-order valence-electron chi connectivity index (χ0n) is 9.48. The van der Waals surface area contributed by atoms with Crippen molar-refractivity contribution in [1.82, 2.24) is 0 Å². The summed E-state index contributed by atoms with van der Waals surface area (Å²) >= 11 is 0. The quantitative estimate of drug-likeness (QED) is 0.606. The molecule has 0 saturated heterocycles. The molecule has 3 N–H and O–H groups in total. The van der Waals surface area contributed by atoms with E-state index in [1.807, 2.05) is 6.07 Å². The Morgan fingerprint density at radius 1 is 1.18 bits per heavy atom. The van der Waals surface area contributed by atoms with Crippen LogP contribution in [0.2, 0.25) is 0 Å². The Hall–Kier alpha value is -1.68. The number of aliphatic carboxylic acids is 1. The van der Waals surface area contributed by atoms with Gasteiger partial charge in [-0.05, 0) is 42.9 Å². The number of ketones is 1. The first-order valence-corrected chi connectivity index (χ1v) is 5.74. The van der Waals surface area contributed by atoms with Crippen LogP contribution in [0.3, 0.4) is 0 Å². The summed E-state index contributed by atoms with van der Waals surface area (Å²) in [5.74, 6) is -1.81. The second-order valence-electron chi connectivity index (χ2n) is 4.37. The van der Waals surface area contributed by atoms with E-state index in [1.54, 1.807) is 12.1 Å². The molecule has 0 heterocycles. The Labute approximate surface area is 99.4 Å². The lowest BCUT2D eigenvalue weighted by Crippen LogP contribution is -2.38. The molecule has 1 aliphatic rings. The minimum atomic E-state index is -1.46. The van der Waals surface area contributed by atoms with Crippen molar-refractivity contribution in [2.45, 2.75) is 31.7 Å². The summed E-state index contributed by atoms with van der Waals surface area (Å²) in [6.07, 6.45) is 4.29. The number of hydrogen-bond donors (Lipinski definition) is 2. The van der Waals surface area contributed by atoms with Crippen LogP contribution >= 0.6 is 0 Å². The Morgan fingerprint density at radius 3 is 2.47 bits per heavy atom. The van der Waals surface area contributed by atoms with Crippen LogP contribution in [0.1, 0.15) is 34.3 Å². The van der Waals surface area contributed by atoms with Gasteiger partial charge in [0.2, 0.25) is 0 Å². The summed E-state index contributed by atoms with van der Waals surface area (Å²) in [6.45, 7) is 0. The first-order chi connectivity index (χ1) is 8.09. The minimum absolute atomic E-state index is 0.403. The molecule has 4 heteroatoms. The monoisotopic (exact) mass is 233 g/mol. The van der Waals surface area contributed by atoms with E-state index in [0.717, 1.165) is 24.8 Å². The Kier molecular flexibility index (Phi) is 3.24. The summed E-state index contributed by atoms with van der Waals surface area (Å²) in [4.78, 5) is 22.4. The number of carboxylic acids is 1. The van der Waals surface area contributed by atoms with Crippen LogP contribution in [-0.2, 0) is 17.6 Å². The number of carboxylic acid groups (broad SMARTS) is 1. The molecule has 1 aromatic carbocycles. The van der Waals surface area contributed by atoms with Gasteiger partial charge in [0, 0.05) is 5.56 Å². The molecular weight excluding hydrogens is 218 g/mol. The van der Waals surface area contributed by atoms with Gasteiger partial charge >= 0.3 is 5.97 Å². The molecule has 1 aromatic rings. The van der Waals surface area contributed by atoms with Gasteiger partial charge < -0.3 is 10.8 Å². The third kappa shape index (κ3) is 2.36. The van der Waals surface area contributed by atoms with Crippen molar-refractivity contribution in [2.75, 3.05) is 0 Å². The number of carbonyl (C=O) groups excluding carboxylic acids is 1. The van der Waals surface area contributed by atoms with Crippen molar-refractivity contribution < 1.29 is 14.7 Å². The highest BCUT2D eigenvalue weighted by molar-refractivity contribution is 6.11. The van der Waals surface area contributed by atoms with Gasteiger partial charge in [-0.2, -0.15) is 0 Å². The van der Waals surface area contributed by atoms with E-state index in [9.17, 15) is 9.59 Å². The predicted molar refractivity (Wildman–Crippen MR) is 63.0 cm³/mol. The average Bonchev–Trinajstić information content (AvgIpc) is 2.36. The molecule has 4 nitrogen and oxygen atoms in total. The maximum absolute atomic E-state index is 11.8. The zero-order chi connectivity index (χ0) is 12.4. The van der Waals surface area contributed by atoms with E-state index in [1.165, 1.54) is 12.0 Å². The Morgan fingerprint density at radius 2 is 1.82 bits per heavy atom. The number of carbonyl (C=O) groups is 2. The third-order valence-electron chi connectivity index (χ3n) is 3.18. The lowest BCUT2D eigenvalue weighted by atomic mass is 9.89. The minimum Gasteiger partial charge on any atom is -0.480 e. The first kappa shape index (κ1) is 11.8. The number of rotatable bonds is 3. The first-order valence-electron chi connectivity index (χ1n) is 5.74. The number of nitrogens with two attached hydrogens (primary N) is 1. The third-order valence-corrected chi connectivity index (χ3v) is 3.18. The highest BCUT2D eigenvalue weighted by Gasteiger charge is 2.23. The second-order valence-corrected chi connectivity index (χ2v) is 4.37. The van der Waals surface area contributed by atoms with Crippen LogP contribution < -0.4 is 5.73 Å². The molecule has 2 rings (SSSR count). The zero-order valence-corrected chi connectivity index (χ0v) is 9.48. The van der Waals surface area contributed by atoms with E-state index < -0.39 is 17.8 Å². The van der Waals surface area contributed by atoms with Crippen molar-refractivity contribution in [3.63, 3.8) is 0 Å². The van der Waals surface area contributed by atoms with Crippen molar-refractivity contribution in [2.24, 2.45) is 5.73 Å². The summed E-state index contributed by atoms with van der Waals surface area (Å²) < 4.78 is 0. The van der Waals surface area contributed by atoms with Gasteiger partial charge in [-0.15, -0.1) is 0 Å². The van der Waals surface area contributed by atoms with E-state index in [-0.39, 0.29) is 0 Å². The van der Waals surface area contributed by atoms with E-state index in [0.29, 0.717) is 5.56 Å². The highest BCUT2D eigenvalue weighted by Crippen LogP contribution is 2.22. The Bertz CT molecular complexity index is 468. The number of benzene rings is 1. The largest absolute Gasteiger partial charge is 0.480 e. The summed E-state index contributed by atoms with van der Waals surface area (Å²) in [7, 11) is 0. The van der Waals surface area contributed by atoms with Crippen molar-refractivity contribution in [1.29, 1.82) is 0 Å².